The molecule has 1 aromatic heterocycles. The van der Waals surface area contributed by atoms with Gasteiger partial charge in [0.2, 0.25) is 0 Å². The molecule has 0 aromatic carbocycles. The van der Waals surface area contributed by atoms with Crippen LogP contribution in [0.4, 0.5) is 8.78 Å². The highest BCUT2D eigenvalue weighted by Gasteiger charge is 2.20. The first-order valence-corrected chi connectivity index (χ1v) is 3.89. The molecule has 76 valence electrons. The SMILES string of the molecule is COC(=O)c1cc(C)cnc1C(F)F. The number of alkyl halides is 2. The molecule has 3 nitrogen and oxygen atoms in total. The van der Waals surface area contributed by atoms with E-state index >= 15 is 0 Å². The minimum Gasteiger partial charge on any atom is -0.465 e. The minimum atomic E-state index is -2.77. The van der Waals surface area contributed by atoms with Gasteiger partial charge in [0.05, 0.1) is 12.7 Å². The summed E-state index contributed by atoms with van der Waals surface area (Å²) in [7, 11) is 1.14. The lowest BCUT2D eigenvalue weighted by atomic mass is 10.1. The van der Waals surface area contributed by atoms with Crippen LogP contribution >= 0.6 is 0 Å². The number of carbonyl (C=O) groups is 1. The third-order valence-electron chi connectivity index (χ3n) is 1.67. The molecule has 0 atom stereocenters. The summed E-state index contributed by atoms with van der Waals surface area (Å²) in [5.74, 6) is -0.795. The lowest BCUT2D eigenvalue weighted by Crippen LogP contribution is -2.08. The molecular weight excluding hydrogens is 192 g/mol. The van der Waals surface area contributed by atoms with Crippen LogP contribution in [0.5, 0.6) is 0 Å². The van der Waals surface area contributed by atoms with Gasteiger partial charge in [-0.1, -0.05) is 0 Å². The normalized spacial score (nSPS) is 10.4. The second kappa shape index (κ2) is 4.13. The second-order valence-electron chi connectivity index (χ2n) is 2.74. The quantitative estimate of drug-likeness (QED) is 0.688. The Balaban J connectivity index is 3.22. The van der Waals surface area contributed by atoms with E-state index in [2.05, 4.69) is 9.72 Å². The second-order valence-corrected chi connectivity index (χ2v) is 2.74. The van der Waals surface area contributed by atoms with Gasteiger partial charge < -0.3 is 4.74 Å². The maximum atomic E-state index is 12.4. The summed E-state index contributed by atoms with van der Waals surface area (Å²) in [5, 5.41) is 0. The highest BCUT2D eigenvalue weighted by Crippen LogP contribution is 2.21. The zero-order chi connectivity index (χ0) is 10.7. The maximum absolute atomic E-state index is 12.4. The number of ether oxygens (including phenoxy) is 1. The van der Waals surface area contributed by atoms with Gasteiger partial charge in [0.25, 0.3) is 6.43 Å². The molecule has 1 heterocycles. The molecule has 0 amide bonds. The van der Waals surface area contributed by atoms with E-state index in [0.717, 1.165) is 7.11 Å². The highest BCUT2D eigenvalue weighted by molar-refractivity contribution is 5.90. The molecule has 0 unspecified atom stereocenters. The van der Waals surface area contributed by atoms with Crippen LogP contribution in [-0.2, 0) is 4.74 Å². The third kappa shape index (κ3) is 2.04. The third-order valence-corrected chi connectivity index (χ3v) is 1.67. The predicted octanol–water partition coefficient (Wildman–Crippen LogP) is 2.11. The predicted molar refractivity (Wildman–Crippen MR) is 45.3 cm³/mol. The molecule has 0 aliphatic heterocycles. The van der Waals surface area contributed by atoms with Crippen molar-refractivity contribution in [3.63, 3.8) is 0 Å². The summed E-state index contributed by atoms with van der Waals surface area (Å²) in [5.41, 5.74) is -0.0836. The number of nitrogens with zero attached hydrogens (tertiary/aromatic N) is 1. The highest BCUT2D eigenvalue weighted by atomic mass is 19.3. The van der Waals surface area contributed by atoms with Gasteiger partial charge in [0, 0.05) is 6.20 Å². The van der Waals surface area contributed by atoms with Crippen molar-refractivity contribution in [2.24, 2.45) is 0 Å². The smallest absolute Gasteiger partial charge is 0.339 e. The lowest BCUT2D eigenvalue weighted by Gasteiger charge is -2.06. The fourth-order valence-corrected chi connectivity index (χ4v) is 1.03. The summed E-state index contributed by atoms with van der Waals surface area (Å²) < 4.78 is 29.1. The summed E-state index contributed by atoms with van der Waals surface area (Å²) in [4.78, 5) is 14.6. The van der Waals surface area contributed by atoms with Crippen molar-refractivity contribution in [1.29, 1.82) is 0 Å². The van der Waals surface area contributed by atoms with Crippen LogP contribution < -0.4 is 0 Å². The fraction of sp³-hybridized carbons (Fsp3) is 0.333. The zero-order valence-electron chi connectivity index (χ0n) is 7.75. The van der Waals surface area contributed by atoms with Gasteiger partial charge >= 0.3 is 5.97 Å². The van der Waals surface area contributed by atoms with Gasteiger partial charge in [-0.05, 0) is 18.6 Å². The van der Waals surface area contributed by atoms with Gasteiger partial charge in [-0.25, -0.2) is 13.6 Å². The van der Waals surface area contributed by atoms with Crippen molar-refractivity contribution in [3.8, 4) is 0 Å². The maximum Gasteiger partial charge on any atom is 0.339 e. The van der Waals surface area contributed by atoms with Crippen molar-refractivity contribution >= 4 is 5.97 Å². The Hall–Kier alpha value is -1.52. The first kappa shape index (κ1) is 10.6. The van der Waals surface area contributed by atoms with Crippen LogP contribution in [0.2, 0.25) is 0 Å². The molecule has 1 rings (SSSR count). The standard InChI is InChI=1S/C9H9F2NO2/c1-5-3-6(9(13)14-2)7(8(10)11)12-4-5/h3-4,8H,1-2H3. The molecule has 5 heteroatoms. The molecule has 0 fully saturated rings. The van der Waals surface area contributed by atoms with Crippen LogP contribution in [-0.4, -0.2) is 18.1 Å². The number of hydrogen-bond donors (Lipinski definition) is 0. The lowest BCUT2D eigenvalue weighted by molar-refractivity contribution is 0.0587. The number of pyridine rings is 1. The van der Waals surface area contributed by atoms with Crippen molar-refractivity contribution in [2.75, 3.05) is 7.11 Å². The van der Waals surface area contributed by atoms with Crippen LogP contribution in [0.3, 0.4) is 0 Å². The Morgan fingerprint density at radius 3 is 2.71 bits per heavy atom. The van der Waals surface area contributed by atoms with Crippen molar-refractivity contribution in [2.45, 2.75) is 13.3 Å². The summed E-state index contributed by atoms with van der Waals surface area (Å²) in [6.45, 7) is 1.66. The summed E-state index contributed by atoms with van der Waals surface area (Å²) >= 11 is 0. The molecule has 0 aliphatic rings. The number of carbonyl (C=O) groups excluding carboxylic acids is 1. The van der Waals surface area contributed by atoms with Crippen molar-refractivity contribution < 1.29 is 18.3 Å². The van der Waals surface area contributed by atoms with Gasteiger partial charge in [-0.15, -0.1) is 0 Å². The molecule has 0 aliphatic carbocycles. The van der Waals surface area contributed by atoms with E-state index in [1.807, 2.05) is 0 Å². The Kier molecular flexibility index (Phi) is 3.11. The zero-order valence-corrected chi connectivity index (χ0v) is 7.75. The number of halogens is 2. The van der Waals surface area contributed by atoms with E-state index < -0.39 is 18.1 Å². The Bertz CT molecular complexity index is 353. The van der Waals surface area contributed by atoms with Crippen LogP contribution in [0, 0.1) is 6.92 Å². The van der Waals surface area contributed by atoms with E-state index in [1.54, 1.807) is 6.92 Å². The minimum absolute atomic E-state index is 0.178. The van der Waals surface area contributed by atoms with Gasteiger partial charge in [-0.3, -0.25) is 4.98 Å². The molecule has 1 aromatic rings. The average molecular weight is 201 g/mol. The molecule has 0 radical (unpaired) electrons. The number of esters is 1. The topological polar surface area (TPSA) is 39.2 Å². The average Bonchev–Trinajstić information content (AvgIpc) is 2.16. The fourth-order valence-electron chi connectivity index (χ4n) is 1.03. The van der Waals surface area contributed by atoms with Gasteiger partial charge in [0.15, 0.2) is 0 Å². The van der Waals surface area contributed by atoms with Crippen LogP contribution in [0.15, 0.2) is 12.3 Å². The van der Waals surface area contributed by atoms with E-state index in [9.17, 15) is 13.6 Å². The molecule has 0 saturated heterocycles. The van der Waals surface area contributed by atoms with Crippen LogP contribution in [0.25, 0.3) is 0 Å². The van der Waals surface area contributed by atoms with Crippen LogP contribution in [0.1, 0.15) is 28.0 Å². The molecule has 0 bridgehead atoms. The summed E-state index contributed by atoms with van der Waals surface area (Å²) in [6, 6.07) is 1.33. The number of methoxy groups -OCH3 is 1. The largest absolute Gasteiger partial charge is 0.465 e. The molecule has 0 spiro atoms. The van der Waals surface area contributed by atoms with E-state index in [4.69, 9.17) is 0 Å². The monoisotopic (exact) mass is 201 g/mol. The Morgan fingerprint density at radius 2 is 2.21 bits per heavy atom. The number of aryl methyl sites for hydroxylation is 1. The van der Waals surface area contributed by atoms with Gasteiger partial charge in [-0.2, -0.15) is 0 Å². The number of hydrogen-bond acceptors (Lipinski definition) is 3. The Morgan fingerprint density at radius 1 is 1.57 bits per heavy atom. The van der Waals surface area contributed by atoms with Crippen molar-refractivity contribution in [1.82, 2.24) is 4.98 Å². The Labute approximate surface area is 79.7 Å². The van der Waals surface area contributed by atoms with E-state index in [1.165, 1.54) is 12.3 Å². The number of aromatic nitrogens is 1. The molecule has 0 saturated carbocycles. The first-order valence-electron chi connectivity index (χ1n) is 3.89. The first-order chi connectivity index (χ1) is 6.56. The van der Waals surface area contributed by atoms with Crippen molar-refractivity contribution in [3.05, 3.63) is 29.1 Å². The van der Waals surface area contributed by atoms with E-state index in [0.29, 0.717) is 5.56 Å². The molecule has 14 heavy (non-hydrogen) atoms. The summed E-state index contributed by atoms with van der Waals surface area (Å²) in [6.07, 6.45) is -1.49. The van der Waals surface area contributed by atoms with E-state index in [-0.39, 0.29) is 5.56 Å². The number of rotatable bonds is 2. The molecular formula is C9H9F2NO2. The van der Waals surface area contributed by atoms with Gasteiger partial charge in [0.1, 0.15) is 5.69 Å². The molecule has 0 N–H and O–H groups in total.